The average molecular weight is 422 g/mol. The van der Waals surface area contributed by atoms with Crippen molar-refractivity contribution in [1.29, 1.82) is 0 Å². The summed E-state index contributed by atoms with van der Waals surface area (Å²) in [6.45, 7) is 7.86. The van der Waals surface area contributed by atoms with Crippen LogP contribution in [0.15, 0.2) is 78.5 Å². The fourth-order valence-corrected chi connectivity index (χ4v) is 3.63. The molecule has 2 atom stereocenters. The smallest absolute Gasteiger partial charge is 0.338 e. The molecule has 0 amide bonds. The Bertz CT molecular complexity index is 847. The Kier molecular flexibility index (Phi) is 8.21. The molecule has 2 aromatic rings. The summed E-state index contributed by atoms with van der Waals surface area (Å²) >= 11 is 0. The molecule has 5 heteroatoms. The molecule has 1 fully saturated rings. The zero-order chi connectivity index (χ0) is 22.1. The fraction of sp³-hybridized carbons (Fsp3) is 0.385. The second-order valence-electron chi connectivity index (χ2n) is 7.96. The second-order valence-corrected chi connectivity index (χ2v) is 7.96. The first kappa shape index (κ1) is 23.0. The molecule has 0 N–H and O–H groups in total. The molecule has 2 aromatic carbocycles. The van der Waals surface area contributed by atoms with Crippen LogP contribution in [0.4, 0.5) is 0 Å². The largest absolute Gasteiger partial charge is 0.462 e. The Labute approximate surface area is 184 Å². The molecule has 164 valence electrons. The highest BCUT2D eigenvalue weighted by atomic mass is 16.7. The van der Waals surface area contributed by atoms with Crippen molar-refractivity contribution in [2.45, 2.75) is 51.8 Å². The van der Waals surface area contributed by atoms with Crippen molar-refractivity contribution in [3.8, 4) is 0 Å². The first-order valence-corrected chi connectivity index (χ1v) is 10.7. The molecule has 31 heavy (non-hydrogen) atoms. The summed E-state index contributed by atoms with van der Waals surface area (Å²) in [7, 11) is 0. The maximum atomic E-state index is 11.8. The normalized spacial score (nSPS) is 18.3. The van der Waals surface area contributed by atoms with Gasteiger partial charge in [0.05, 0.1) is 25.3 Å². The highest BCUT2D eigenvalue weighted by Crippen LogP contribution is 2.28. The van der Waals surface area contributed by atoms with E-state index in [1.165, 1.54) is 17.2 Å². The van der Waals surface area contributed by atoms with Gasteiger partial charge in [-0.3, -0.25) is 4.90 Å². The molecule has 3 rings (SSSR count). The van der Waals surface area contributed by atoms with Crippen LogP contribution in [0.1, 0.15) is 31.9 Å². The van der Waals surface area contributed by atoms with Gasteiger partial charge in [0, 0.05) is 13.1 Å². The lowest BCUT2D eigenvalue weighted by Crippen LogP contribution is -2.43. The Hall–Kier alpha value is -2.69. The lowest BCUT2D eigenvalue weighted by molar-refractivity contribution is -0.144. The van der Waals surface area contributed by atoms with Gasteiger partial charge < -0.3 is 14.2 Å². The van der Waals surface area contributed by atoms with Gasteiger partial charge in [0.2, 0.25) is 0 Å². The third-order valence-corrected chi connectivity index (χ3v) is 5.04. The SMILES string of the molecule is CCOC(=O)C=C=C[C@H]([C@H]1COC(C)(C)O1)N(Cc1ccccc1)Cc1ccccc1. The molecule has 1 aliphatic rings. The lowest BCUT2D eigenvalue weighted by Gasteiger charge is -2.33. The van der Waals surface area contributed by atoms with Crippen LogP contribution in [0.25, 0.3) is 0 Å². The van der Waals surface area contributed by atoms with E-state index in [9.17, 15) is 4.79 Å². The molecule has 0 radical (unpaired) electrons. The summed E-state index contributed by atoms with van der Waals surface area (Å²) in [4.78, 5) is 14.1. The van der Waals surface area contributed by atoms with E-state index in [2.05, 4.69) is 34.9 Å². The van der Waals surface area contributed by atoms with Crippen molar-refractivity contribution < 1.29 is 19.0 Å². The minimum Gasteiger partial charge on any atom is -0.462 e. The number of ether oxygens (including phenoxy) is 3. The van der Waals surface area contributed by atoms with Crippen molar-refractivity contribution in [1.82, 2.24) is 4.90 Å². The summed E-state index contributed by atoms with van der Waals surface area (Å²) in [5.74, 6) is -1.05. The molecule has 0 aromatic heterocycles. The van der Waals surface area contributed by atoms with Crippen LogP contribution in [-0.2, 0) is 32.1 Å². The molecule has 0 unspecified atom stereocenters. The monoisotopic (exact) mass is 421 g/mol. The van der Waals surface area contributed by atoms with Crippen LogP contribution in [0, 0.1) is 0 Å². The third kappa shape index (κ3) is 7.20. The average Bonchev–Trinajstić information content (AvgIpc) is 3.12. The predicted octanol–water partition coefficient (Wildman–Crippen LogP) is 4.48. The molecule has 1 saturated heterocycles. The van der Waals surface area contributed by atoms with Crippen molar-refractivity contribution in [3.05, 3.63) is 89.7 Å². The van der Waals surface area contributed by atoms with E-state index in [-0.39, 0.29) is 12.1 Å². The minimum absolute atomic E-state index is 0.145. The van der Waals surface area contributed by atoms with Gasteiger partial charge in [-0.1, -0.05) is 60.7 Å². The fourth-order valence-electron chi connectivity index (χ4n) is 3.63. The summed E-state index contributed by atoms with van der Waals surface area (Å²) in [5.41, 5.74) is 5.42. The van der Waals surface area contributed by atoms with E-state index in [0.717, 1.165) is 13.1 Å². The van der Waals surface area contributed by atoms with Crippen LogP contribution in [0.5, 0.6) is 0 Å². The zero-order valence-electron chi connectivity index (χ0n) is 18.5. The van der Waals surface area contributed by atoms with Crippen LogP contribution in [-0.4, -0.2) is 42.0 Å². The van der Waals surface area contributed by atoms with Crippen molar-refractivity contribution >= 4 is 5.97 Å². The topological polar surface area (TPSA) is 48.0 Å². The van der Waals surface area contributed by atoms with E-state index in [4.69, 9.17) is 14.2 Å². The summed E-state index contributed by atoms with van der Waals surface area (Å²) in [6.07, 6.45) is 3.03. The molecule has 0 aliphatic carbocycles. The van der Waals surface area contributed by atoms with Gasteiger partial charge in [-0.25, -0.2) is 4.79 Å². The predicted molar refractivity (Wildman–Crippen MR) is 120 cm³/mol. The molecular formula is C26H31NO4. The Balaban J connectivity index is 1.92. The van der Waals surface area contributed by atoms with Crippen molar-refractivity contribution in [2.75, 3.05) is 13.2 Å². The third-order valence-electron chi connectivity index (χ3n) is 5.04. The van der Waals surface area contributed by atoms with Gasteiger partial charge in [0.1, 0.15) is 6.10 Å². The molecule has 1 aliphatic heterocycles. The van der Waals surface area contributed by atoms with Gasteiger partial charge in [-0.15, -0.1) is 5.73 Å². The molecule has 0 bridgehead atoms. The number of hydrogen-bond acceptors (Lipinski definition) is 5. The highest BCUT2D eigenvalue weighted by molar-refractivity contribution is 5.81. The Morgan fingerprint density at radius 3 is 2.19 bits per heavy atom. The van der Waals surface area contributed by atoms with Crippen LogP contribution in [0.3, 0.4) is 0 Å². The number of carbonyl (C=O) groups excluding carboxylic acids is 1. The molecule has 5 nitrogen and oxygen atoms in total. The molecule has 0 saturated carbocycles. The Morgan fingerprint density at radius 2 is 1.71 bits per heavy atom. The van der Waals surface area contributed by atoms with E-state index in [1.54, 1.807) is 6.92 Å². The Morgan fingerprint density at radius 1 is 1.13 bits per heavy atom. The van der Waals surface area contributed by atoms with Gasteiger partial charge in [0.25, 0.3) is 0 Å². The van der Waals surface area contributed by atoms with Crippen molar-refractivity contribution in [2.24, 2.45) is 0 Å². The number of carbonyl (C=O) groups is 1. The van der Waals surface area contributed by atoms with Gasteiger partial charge >= 0.3 is 5.97 Å². The molecule has 0 spiro atoms. The van der Waals surface area contributed by atoms with E-state index < -0.39 is 11.8 Å². The van der Waals surface area contributed by atoms with Gasteiger partial charge in [-0.2, -0.15) is 0 Å². The zero-order valence-corrected chi connectivity index (χ0v) is 18.5. The maximum Gasteiger partial charge on any atom is 0.338 e. The number of esters is 1. The van der Waals surface area contributed by atoms with Crippen LogP contribution >= 0.6 is 0 Å². The number of benzene rings is 2. The van der Waals surface area contributed by atoms with Crippen LogP contribution in [0.2, 0.25) is 0 Å². The maximum absolute atomic E-state index is 11.8. The second kappa shape index (κ2) is 11.1. The van der Waals surface area contributed by atoms with Crippen molar-refractivity contribution in [3.63, 3.8) is 0 Å². The van der Waals surface area contributed by atoms with E-state index in [0.29, 0.717) is 13.2 Å². The molecule has 1 heterocycles. The molecular weight excluding hydrogens is 390 g/mol. The van der Waals surface area contributed by atoms with E-state index >= 15 is 0 Å². The summed E-state index contributed by atoms with van der Waals surface area (Å²) < 4.78 is 17.0. The first-order valence-electron chi connectivity index (χ1n) is 10.7. The number of rotatable bonds is 9. The van der Waals surface area contributed by atoms with Gasteiger partial charge in [-0.05, 0) is 38.0 Å². The number of hydrogen-bond donors (Lipinski definition) is 0. The van der Waals surface area contributed by atoms with E-state index in [1.807, 2.05) is 56.3 Å². The van der Waals surface area contributed by atoms with Gasteiger partial charge in [0.15, 0.2) is 5.79 Å². The summed E-state index contributed by atoms with van der Waals surface area (Å²) in [5, 5.41) is 0. The lowest BCUT2D eigenvalue weighted by atomic mass is 10.1. The highest BCUT2D eigenvalue weighted by Gasteiger charge is 2.38. The number of nitrogens with zero attached hydrogens (tertiary/aromatic N) is 1. The first-order chi connectivity index (χ1) is 15.0. The quantitative estimate of drug-likeness (QED) is 0.339. The minimum atomic E-state index is -0.646. The summed E-state index contributed by atoms with van der Waals surface area (Å²) in [6, 6.07) is 20.5. The standard InChI is InChI=1S/C26H31NO4/c1-4-29-25(28)17-11-16-23(24-20-30-26(2,3)31-24)27(18-21-12-7-5-8-13-21)19-22-14-9-6-10-15-22/h5-10,12-17,23-24H,4,18-20H2,1-3H3/t11?,23-,24-/m1/s1. The van der Waals surface area contributed by atoms with Crippen LogP contribution < -0.4 is 0 Å².